The quantitative estimate of drug-likeness (QED) is 0.822. The third-order valence-electron chi connectivity index (χ3n) is 3.99. The SMILES string of the molecule is Cc1cccc(O[C@H](C)C(=O)NCc2ccc(OC(C)C)cc2)c1C. The lowest BCUT2D eigenvalue weighted by Gasteiger charge is -2.17. The first kappa shape index (κ1) is 18.8. The fourth-order valence-electron chi connectivity index (χ4n) is 2.39. The predicted molar refractivity (Wildman–Crippen MR) is 100 cm³/mol. The first-order valence-electron chi connectivity index (χ1n) is 8.63. The van der Waals surface area contributed by atoms with Crippen molar-refractivity contribution in [2.24, 2.45) is 0 Å². The summed E-state index contributed by atoms with van der Waals surface area (Å²) >= 11 is 0. The van der Waals surface area contributed by atoms with Gasteiger partial charge in [-0.2, -0.15) is 0 Å². The number of aryl methyl sites for hydroxylation is 1. The number of rotatable bonds is 7. The van der Waals surface area contributed by atoms with Crippen LogP contribution >= 0.6 is 0 Å². The highest BCUT2D eigenvalue weighted by Crippen LogP contribution is 2.21. The van der Waals surface area contributed by atoms with E-state index in [0.717, 1.165) is 28.2 Å². The molecule has 0 aromatic heterocycles. The first-order chi connectivity index (χ1) is 11.9. The van der Waals surface area contributed by atoms with E-state index >= 15 is 0 Å². The van der Waals surface area contributed by atoms with Crippen LogP contribution in [0.15, 0.2) is 42.5 Å². The molecule has 0 saturated heterocycles. The molecule has 0 bridgehead atoms. The summed E-state index contributed by atoms with van der Waals surface area (Å²) < 4.78 is 11.4. The van der Waals surface area contributed by atoms with Gasteiger partial charge in [0.05, 0.1) is 6.10 Å². The largest absolute Gasteiger partial charge is 0.491 e. The minimum absolute atomic E-state index is 0.136. The van der Waals surface area contributed by atoms with Crippen LogP contribution in [0, 0.1) is 13.8 Å². The van der Waals surface area contributed by atoms with Gasteiger partial charge < -0.3 is 14.8 Å². The van der Waals surface area contributed by atoms with Crippen LogP contribution in [0.3, 0.4) is 0 Å². The fourth-order valence-corrected chi connectivity index (χ4v) is 2.39. The van der Waals surface area contributed by atoms with Gasteiger partial charge in [-0.3, -0.25) is 4.79 Å². The second kappa shape index (κ2) is 8.56. The van der Waals surface area contributed by atoms with Crippen molar-refractivity contribution in [2.75, 3.05) is 0 Å². The number of benzene rings is 2. The Morgan fingerprint density at radius 3 is 2.32 bits per heavy atom. The molecule has 0 spiro atoms. The Balaban J connectivity index is 1.88. The van der Waals surface area contributed by atoms with E-state index in [4.69, 9.17) is 9.47 Å². The van der Waals surface area contributed by atoms with Crippen LogP contribution < -0.4 is 14.8 Å². The zero-order valence-electron chi connectivity index (χ0n) is 15.6. The van der Waals surface area contributed by atoms with Gasteiger partial charge in [-0.05, 0) is 69.5 Å². The summed E-state index contributed by atoms with van der Waals surface area (Å²) in [7, 11) is 0. The molecule has 0 saturated carbocycles. The highest BCUT2D eigenvalue weighted by Gasteiger charge is 2.15. The van der Waals surface area contributed by atoms with Crippen LogP contribution in [-0.4, -0.2) is 18.1 Å². The van der Waals surface area contributed by atoms with E-state index in [0.29, 0.717) is 6.54 Å². The van der Waals surface area contributed by atoms with E-state index in [2.05, 4.69) is 5.32 Å². The van der Waals surface area contributed by atoms with Crippen LogP contribution in [0.25, 0.3) is 0 Å². The zero-order chi connectivity index (χ0) is 18.4. The normalized spacial score (nSPS) is 11.9. The number of nitrogens with one attached hydrogen (secondary N) is 1. The smallest absolute Gasteiger partial charge is 0.261 e. The molecule has 2 rings (SSSR count). The number of amides is 1. The number of carbonyl (C=O) groups excluding carboxylic acids is 1. The first-order valence-corrected chi connectivity index (χ1v) is 8.63. The summed E-state index contributed by atoms with van der Waals surface area (Å²) in [5, 5.41) is 2.91. The summed E-state index contributed by atoms with van der Waals surface area (Å²) in [6.07, 6.45) is -0.405. The molecule has 0 radical (unpaired) electrons. The summed E-state index contributed by atoms with van der Waals surface area (Å²) in [4.78, 5) is 12.3. The lowest BCUT2D eigenvalue weighted by atomic mass is 10.1. The Kier molecular flexibility index (Phi) is 6.45. The molecule has 0 fully saturated rings. The van der Waals surface area contributed by atoms with Gasteiger partial charge in [0.2, 0.25) is 0 Å². The van der Waals surface area contributed by atoms with Crippen molar-refractivity contribution >= 4 is 5.91 Å². The number of hydrogen-bond donors (Lipinski definition) is 1. The lowest BCUT2D eigenvalue weighted by molar-refractivity contribution is -0.127. The maximum absolute atomic E-state index is 12.3. The summed E-state index contributed by atoms with van der Waals surface area (Å²) in [5.74, 6) is 1.44. The minimum atomic E-state index is -0.552. The summed E-state index contributed by atoms with van der Waals surface area (Å²) in [6, 6.07) is 13.6. The average molecular weight is 341 g/mol. The molecule has 1 atom stereocenters. The monoisotopic (exact) mass is 341 g/mol. The molecular formula is C21H27NO3. The molecule has 0 aliphatic carbocycles. The average Bonchev–Trinajstić information content (AvgIpc) is 2.57. The van der Waals surface area contributed by atoms with E-state index in [9.17, 15) is 4.79 Å². The zero-order valence-corrected chi connectivity index (χ0v) is 15.6. The third-order valence-corrected chi connectivity index (χ3v) is 3.99. The van der Waals surface area contributed by atoms with Crippen molar-refractivity contribution in [1.29, 1.82) is 0 Å². The predicted octanol–water partition coefficient (Wildman–Crippen LogP) is 4.17. The number of hydrogen-bond acceptors (Lipinski definition) is 3. The van der Waals surface area contributed by atoms with Crippen molar-refractivity contribution in [3.8, 4) is 11.5 Å². The van der Waals surface area contributed by atoms with E-state index < -0.39 is 6.10 Å². The van der Waals surface area contributed by atoms with Gasteiger partial charge in [0.25, 0.3) is 5.91 Å². The lowest BCUT2D eigenvalue weighted by Crippen LogP contribution is -2.36. The number of carbonyl (C=O) groups is 1. The van der Waals surface area contributed by atoms with Crippen molar-refractivity contribution in [2.45, 2.75) is 53.4 Å². The number of ether oxygens (including phenoxy) is 2. The Labute approximate surface area is 150 Å². The topological polar surface area (TPSA) is 47.6 Å². The molecule has 4 heteroatoms. The third kappa shape index (κ3) is 5.52. The van der Waals surface area contributed by atoms with Crippen molar-refractivity contribution in [1.82, 2.24) is 5.32 Å². The standard InChI is InChI=1S/C21H27NO3/c1-14(2)24-19-11-9-18(10-12-19)13-22-21(23)17(5)25-20-8-6-7-15(3)16(20)4/h6-12,14,17H,13H2,1-5H3,(H,22,23)/t17-/m1/s1. The van der Waals surface area contributed by atoms with E-state index in [1.807, 2.05) is 70.2 Å². The maximum atomic E-state index is 12.3. The van der Waals surface area contributed by atoms with Gasteiger partial charge in [-0.1, -0.05) is 24.3 Å². The molecule has 1 N–H and O–H groups in total. The van der Waals surface area contributed by atoms with Crippen LogP contribution in [0.4, 0.5) is 0 Å². The van der Waals surface area contributed by atoms with Crippen molar-refractivity contribution < 1.29 is 14.3 Å². The molecule has 4 nitrogen and oxygen atoms in total. The van der Waals surface area contributed by atoms with Crippen LogP contribution in [0.5, 0.6) is 11.5 Å². The second-order valence-electron chi connectivity index (χ2n) is 6.49. The Bertz CT molecular complexity index is 708. The van der Waals surface area contributed by atoms with Crippen LogP contribution in [-0.2, 0) is 11.3 Å². The molecule has 0 aliphatic rings. The van der Waals surface area contributed by atoms with Gasteiger partial charge in [0, 0.05) is 6.54 Å². The van der Waals surface area contributed by atoms with Gasteiger partial charge in [-0.15, -0.1) is 0 Å². The van der Waals surface area contributed by atoms with Crippen molar-refractivity contribution in [3.05, 3.63) is 59.2 Å². The van der Waals surface area contributed by atoms with Crippen molar-refractivity contribution in [3.63, 3.8) is 0 Å². The molecule has 0 heterocycles. The molecule has 0 unspecified atom stereocenters. The van der Waals surface area contributed by atoms with Gasteiger partial charge in [-0.25, -0.2) is 0 Å². The van der Waals surface area contributed by atoms with E-state index in [-0.39, 0.29) is 12.0 Å². The van der Waals surface area contributed by atoms with Gasteiger partial charge in [0.1, 0.15) is 11.5 Å². The highest BCUT2D eigenvalue weighted by molar-refractivity contribution is 5.80. The molecule has 2 aromatic carbocycles. The maximum Gasteiger partial charge on any atom is 0.261 e. The molecule has 25 heavy (non-hydrogen) atoms. The molecular weight excluding hydrogens is 314 g/mol. The Morgan fingerprint density at radius 1 is 1.00 bits per heavy atom. The highest BCUT2D eigenvalue weighted by atomic mass is 16.5. The fraction of sp³-hybridized carbons (Fsp3) is 0.381. The molecule has 2 aromatic rings. The Morgan fingerprint density at radius 2 is 1.68 bits per heavy atom. The van der Waals surface area contributed by atoms with Gasteiger partial charge >= 0.3 is 0 Å². The second-order valence-corrected chi connectivity index (χ2v) is 6.49. The van der Waals surface area contributed by atoms with Crippen LogP contribution in [0.2, 0.25) is 0 Å². The van der Waals surface area contributed by atoms with Gasteiger partial charge in [0.15, 0.2) is 6.10 Å². The minimum Gasteiger partial charge on any atom is -0.491 e. The van der Waals surface area contributed by atoms with Crippen LogP contribution in [0.1, 0.15) is 37.5 Å². The Hall–Kier alpha value is -2.49. The van der Waals surface area contributed by atoms with E-state index in [1.54, 1.807) is 6.92 Å². The summed E-state index contributed by atoms with van der Waals surface area (Å²) in [6.45, 7) is 10.2. The molecule has 1 amide bonds. The molecule has 0 aliphatic heterocycles. The summed E-state index contributed by atoms with van der Waals surface area (Å²) in [5.41, 5.74) is 3.22. The molecule has 134 valence electrons. The van der Waals surface area contributed by atoms with E-state index in [1.165, 1.54) is 0 Å².